The number of rotatable bonds is 5. The number of sulfone groups is 1. The van der Waals surface area contributed by atoms with Crippen molar-refractivity contribution in [3.05, 3.63) is 29.8 Å². The lowest BCUT2D eigenvalue weighted by Crippen LogP contribution is -2.45. The predicted octanol–water partition coefficient (Wildman–Crippen LogP) is 2.00. The molecule has 1 aromatic carbocycles. The highest BCUT2D eigenvalue weighted by Crippen LogP contribution is 2.33. The summed E-state index contributed by atoms with van der Waals surface area (Å²) in [7, 11) is -3.29. The molecule has 1 amide bonds. The van der Waals surface area contributed by atoms with Crippen LogP contribution < -0.4 is 16.0 Å². The maximum Gasteiger partial charge on any atom is 0.237 e. The van der Waals surface area contributed by atoms with E-state index in [1.807, 2.05) is 12.1 Å². The van der Waals surface area contributed by atoms with Crippen molar-refractivity contribution in [1.29, 1.82) is 0 Å². The smallest absolute Gasteiger partial charge is 0.237 e. The minimum absolute atomic E-state index is 0.0344. The Hall–Kier alpha value is -1.44. The molecule has 2 aliphatic heterocycles. The Bertz CT molecular complexity index is 810. The third kappa shape index (κ3) is 4.52. The first kappa shape index (κ1) is 20.8. The Balaban J connectivity index is 1.33. The molecule has 1 aliphatic carbocycles. The van der Waals surface area contributed by atoms with E-state index in [1.54, 1.807) is 12.1 Å². The molecule has 4 rings (SSSR count). The number of hydrogen-bond donors (Lipinski definition) is 3. The van der Waals surface area contributed by atoms with Crippen molar-refractivity contribution in [2.24, 2.45) is 11.8 Å². The zero-order valence-electron chi connectivity index (χ0n) is 17.2. The number of amides is 1. The first-order valence-corrected chi connectivity index (χ1v) is 12.6. The Labute approximate surface area is 174 Å². The maximum atomic E-state index is 13.0. The summed E-state index contributed by atoms with van der Waals surface area (Å²) < 4.78 is 26.0. The monoisotopic (exact) mass is 419 g/mol. The Morgan fingerprint density at radius 2 is 1.90 bits per heavy atom. The van der Waals surface area contributed by atoms with Gasteiger partial charge in [0.2, 0.25) is 5.91 Å². The van der Waals surface area contributed by atoms with E-state index in [0.717, 1.165) is 57.2 Å². The van der Waals surface area contributed by atoms with Crippen LogP contribution in [0.15, 0.2) is 29.2 Å². The molecule has 5 atom stereocenters. The van der Waals surface area contributed by atoms with E-state index in [0.29, 0.717) is 23.4 Å². The van der Waals surface area contributed by atoms with Gasteiger partial charge in [0.05, 0.1) is 16.2 Å². The minimum Gasteiger partial charge on any atom is -0.351 e. The van der Waals surface area contributed by atoms with Crippen molar-refractivity contribution in [2.75, 3.05) is 13.1 Å². The molecule has 0 bridgehead atoms. The Kier molecular flexibility index (Phi) is 6.27. The van der Waals surface area contributed by atoms with Crippen LogP contribution in [0, 0.1) is 11.8 Å². The molecule has 2 heterocycles. The molecule has 0 aromatic heterocycles. The predicted molar refractivity (Wildman–Crippen MR) is 113 cm³/mol. The summed E-state index contributed by atoms with van der Waals surface area (Å²) in [5, 5.41) is 9.60. The Morgan fingerprint density at radius 1 is 1.14 bits per heavy atom. The van der Waals surface area contributed by atoms with Gasteiger partial charge in [0.1, 0.15) is 0 Å². The van der Waals surface area contributed by atoms with Crippen LogP contribution in [0.2, 0.25) is 0 Å². The minimum atomic E-state index is -3.29. The molecule has 29 heavy (non-hydrogen) atoms. The van der Waals surface area contributed by atoms with Crippen LogP contribution in [0.1, 0.15) is 51.0 Å². The lowest BCUT2D eigenvalue weighted by molar-refractivity contribution is -0.123. The number of benzene rings is 1. The summed E-state index contributed by atoms with van der Waals surface area (Å²) in [5.74, 6) is 0.781. The highest BCUT2D eigenvalue weighted by Gasteiger charge is 2.38. The summed E-state index contributed by atoms with van der Waals surface area (Å²) in [6.07, 6.45) is 5.81. The highest BCUT2D eigenvalue weighted by atomic mass is 32.2. The molecule has 0 radical (unpaired) electrons. The zero-order valence-corrected chi connectivity index (χ0v) is 18.0. The molecule has 3 aliphatic rings. The number of fused-ring (bicyclic) bond motifs is 1. The van der Waals surface area contributed by atoms with E-state index in [1.165, 1.54) is 0 Å². The fraction of sp³-hybridized carbons (Fsp3) is 0.682. The van der Waals surface area contributed by atoms with Gasteiger partial charge in [-0.3, -0.25) is 4.79 Å². The van der Waals surface area contributed by atoms with E-state index < -0.39 is 9.84 Å². The maximum absolute atomic E-state index is 13.0. The van der Waals surface area contributed by atoms with Gasteiger partial charge in [0.25, 0.3) is 0 Å². The molecule has 5 unspecified atom stereocenters. The van der Waals surface area contributed by atoms with Crippen LogP contribution in [0.25, 0.3) is 0 Å². The van der Waals surface area contributed by atoms with Crippen molar-refractivity contribution in [3.8, 4) is 0 Å². The van der Waals surface area contributed by atoms with Crippen molar-refractivity contribution in [3.63, 3.8) is 0 Å². The number of piperidine rings is 1. The third-order valence-electron chi connectivity index (χ3n) is 7.03. The molecule has 2 saturated heterocycles. The van der Waals surface area contributed by atoms with Gasteiger partial charge in [-0.25, -0.2) is 8.42 Å². The topological polar surface area (TPSA) is 87.3 Å². The average molecular weight is 420 g/mol. The molecular formula is C22H33N3O3S. The lowest BCUT2D eigenvalue weighted by Gasteiger charge is -2.28. The van der Waals surface area contributed by atoms with Crippen molar-refractivity contribution in [1.82, 2.24) is 16.0 Å². The van der Waals surface area contributed by atoms with Gasteiger partial charge >= 0.3 is 0 Å². The van der Waals surface area contributed by atoms with E-state index in [2.05, 4.69) is 22.9 Å². The number of hydrogen-bond acceptors (Lipinski definition) is 5. The molecule has 1 aromatic rings. The highest BCUT2D eigenvalue weighted by molar-refractivity contribution is 7.92. The molecule has 7 heteroatoms. The van der Waals surface area contributed by atoms with Crippen LogP contribution in [0.4, 0.5) is 0 Å². The lowest BCUT2D eigenvalue weighted by atomic mass is 9.90. The van der Waals surface area contributed by atoms with E-state index in [9.17, 15) is 13.2 Å². The third-order valence-corrected chi connectivity index (χ3v) is 9.45. The van der Waals surface area contributed by atoms with Gasteiger partial charge < -0.3 is 16.0 Å². The van der Waals surface area contributed by atoms with E-state index in [-0.39, 0.29) is 23.1 Å². The van der Waals surface area contributed by atoms with Gasteiger partial charge in [-0.15, -0.1) is 0 Å². The van der Waals surface area contributed by atoms with Crippen molar-refractivity contribution >= 4 is 15.7 Å². The quantitative estimate of drug-likeness (QED) is 0.679. The summed E-state index contributed by atoms with van der Waals surface area (Å²) in [6, 6.07) is 7.37. The number of carbonyl (C=O) groups excluding carboxylic acids is 1. The standard InChI is InChI=1S/C22H33N3O3S/c1-15-4-2-3-5-21(15)29(27,28)18-8-6-16(7-9-18)13-24-22(26)20-12-17-14-23-11-10-19(17)25-20/h6-9,15,17,19-21,23,25H,2-5,10-14H2,1H3,(H,24,26). The molecule has 3 N–H and O–H groups in total. The van der Waals surface area contributed by atoms with Crippen LogP contribution in [0.5, 0.6) is 0 Å². The summed E-state index contributed by atoms with van der Waals surface area (Å²) in [5.41, 5.74) is 0.922. The number of nitrogens with one attached hydrogen (secondary N) is 3. The molecule has 6 nitrogen and oxygen atoms in total. The molecule has 3 fully saturated rings. The number of carbonyl (C=O) groups is 1. The van der Waals surface area contributed by atoms with Gasteiger partial charge in [0.15, 0.2) is 9.84 Å². The van der Waals surface area contributed by atoms with Crippen molar-refractivity contribution in [2.45, 2.75) is 74.2 Å². The normalized spacial score (nSPS) is 32.5. The molecule has 1 saturated carbocycles. The molecule has 160 valence electrons. The first-order valence-electron chi connectivity index (χ1n) is 11.0. The van der Waals surface area contributed by atoms with Gasteiger partial charge in [-0.1, -0.05) is 31.9 Å². The van der Waals surface area contributed by atoms with Crippen LogP contribution in [-0.2, 0) is 21.2 Å². The first-order chi connectivity index (χ1) is 13.9. The van der Waals surface area contributed by atoms with E-state index in [4.69, 9.17) is 0 Å². The van der Waals surface area contributed by atoms with Crippen molar-refractivity contribution < 1.29 is 13.2 Å². The molecule has 0 spiro atoms. The van der Waals surface area contributed by atoms with Crippen LogP contribution in [-0.4, -0.2) is 44.7 Å². The second-order valence-electron chi connectivity index (χ2n) is 9.02. The fourth-order valence-corrected chi connectivity index (χ4v) is 7.32. The second kappa shape index (κ2) is 8.74. The summed E-state index contributed by atoms with van der Waals surface area (Å²) >= 11 is 0. The fourth-order valence-electron chi connectivity index (χ4n) is 5.23. The van der Waals surface area contributed by atoms with E-state index >= 15 is 0 Å². The van der Waals surface area contributed by atoms with Gasteiger partial charge in [0, 0.05) is 12.6 Å². The largest absolute Gasteiger partial charge is 0.351 e. The van der Waals surface area contributed by atoms with Gasteiger partial charge in [-0.05, 0) is 68.3 Å². The SMILES string of the molecule is CC1CCCCC1S(=O)(=O)c1ccc(CNC(=O)C2CC3CNCCC3N2)cc1. The second-order valence-corrected chi connectivity index (χ2v) is 11.2. The van der Waals surface area contributed by atoms with Crippen LogP contribution in [0.3, 0.4) is 0 Å². The Morgan fingerprint density at radius 3 is 2.62 bits per heavy atom. The average Bonchev–Trinajstić information content (AvgIpc) is 3.17. The molecular weight excluding hydrogens is 386 g/mol. The van der Waals surface area contributed by atoms with Crippen LogP contribution >= 0.6 is 0 Å². The summed E-state index contributed by atoms with van der Waals surface area (Å²) in [6.45, 7) is 4.47. The zero-order chi connectivity index (χ0) is 20.4. The van der Waals surface area contributed by atoms with Gasteiger partial charge in [-0.2, -0.15) is 0 Å². The summed E-state index contributed by atoms with van der Waals surface area (Å²) in [4.78, 5) is 12.9.